The third kappa shape index (κ3) is 2.56. The number of likely N-dealkylation sites (tertiary alicyclic amines) is 1. The van der Waals surface area contributed by atoms with Crippen molar-refractivity contribution in [3.8, 4) is 0 Å². The van der Waals surface area contributed by atoms with E-state index in [0.717, 1.165) is 36.9 Å². The van der Waals surface area contributed by atoms with Gasteiger partial charge in [0.05, 0.1) is 12.2 Å². The van der Waals surface area contributed by atoms with Gasteiger partial charge in [0, 0.05) is 6.54 Å². The van der Waals surface area contributed by atoms with Crippen LogP contribution in [0.2, 0.25) is 0 Å². The highest BCUT2D eigenvalue weighted by molar-refractivity contribution is 5.45. The molecule has 0 aromatic heterocycles. The predicted molar refractivity (Wildman–Crippen MR) is 64.7 cm³/mol. The number of aryl methyl sites for hydroxylation is 1. The Bertz CT molecular complexity index is 452. The van der Waals surface area contributed by atoms with E-state index in [9.17, 15) is 9.18 Å². The molecule has 0 radical (unpaired) electrons. The molecule has 0 spiro atoms. The summed E-state index contributed by atoms with van der Waals surface area (Å²) in [5, 5.41) is 0. The summed E-state index contributed by atoms with van der Waals surface area (Å²) in [7, 11) is 0. The molecule has 1 saturated heterocycles. The maximum atomic E-state index is 13.1. The van der Waals surface area contributed by atoms with E-state index in [4.69, 9.17) is 0 Å². The van der Waals surface area contributed by atoms with E-state index in [0.29, 0.717) is 0 Å². The SMILES string of the molecule is Cc1cc(F)ccc1C1CCCCN1C=C=O. The molecule has 90 valence electrons. The Balaban J connectivity index is 2.32. The van der Waals surface area contributed by atoms with Crippen LogP contribution in [0.25, 0.3) is 0 Å². The Morgan fingerprint density at radius 2 is 2.29 bits per heavy atom. The third-order valence-corrected chi connectivity index (χ3v) is 3.35. The van der Waals surface area contributed by atoms with Gasteiger partial charge in [0.2, 0.25) is 0 Å². The number of benzene rings is 1. The Labute approximate surface area is 101 Å². The van der Waals surface area contributed by atoms with Crippen LogP contribution in [0.4, 0.5) is 4.39 Å². The molecule has 1 aromatic carbocycles. The normalized spacial score (nSPS) is 19.9. The van der Waals surface area contributed by atoms with Gasteiger partial charge < -0.3 is 4.90 Å². The summed E-state index contributed by atoms with van der Waals surface area (Å²) in [5.41, 5.74) is 2.05. The molecular formula is C14H16FNO. The van der Waals surface area contributed by atoms with Crippen LogP contribution in [0, 0.1) is 12.7 Å². The average Bonchev–Trinajstić information content (AvgIpc) is 2.31. The molecule has 0 aliphatic carbocycles. The van der Waals surface area contributed by atoms with Gasteiger partial charge in [-0.3, -0.25) is 0 Å². The van der Waals surface area contributed by atoms with Gasteiger partial charge in [0.15, 0.2) is 0 Å². The molecule has 0 N–H and O–H groups in total. The minimum Gasteiger partial charge on any atom is -0.361 e. The summed E-state index contributed by atoms with van der Waals surface area (Å²) in [5.74, 6) is 1.64. The number of rotatable bonds is 2. The van der Waals surface area contributed by atoms with Gasteiger partial charge >= 0.3 is 0 Å². The Morgan fingerprint density at radius 1 is 1.47 bits per heavy atom. The van der Waals surface area contributed by atoms with E-state index in [-0.39, 0.29) is 11.9 Å². The van der Waals surface area contributed by atoms with Gasteiger partial charge in [-0.25, -0.2) is 9.18 Å². The van der Waals surface area contributed by atoms with Crippen molar-refractivity contribution in [2.75, 3.05) is 6.54 Å². The number of nitrogens with zero attached hydrogens (tertiary/aromatic N) is 1. The summed E-state index contributed by atoms with van der Waals surface area (Å²) < 4.78 is 13.1. The summed E-state index contributed by atoms with van der Waals surface area (Å²) >= 11 is 0. The minimum atomic E-state index is -0.209. The van der Waals surface area contributed by atoms with Crippen LogP contribution in [-0.2, 0) is 4.79 Å². The molecule has 0 bridgehead atoms. The minimum absolute atomic E-state index is 0.186. The van der Waals surface area contributed by atoms with Crippen LogP contribution in [0.5, 0.6) is 0 Å². The fourth-order valence-corrected chi connectivity index (χ4v) is 2.52. The first kappa shape index (κ1) is 11.9. The lowest BCUT2D eigenvalue weighted by atomic mass is 9.92. The average molecular weight is 233 g/mol. The fourth-order valence-electron chi connectivity index (χ4n) is 2.52. The first-order chi connectivity index (χ1) is 8.22. The summed E-state index contributed by atoms with van der Waals surface area (Å²) in [6.07, 6.45) is 4.72. The smallest absolute Gasteiger partial charge is 0.142 e. The molecule has 1 atom stereocenters. The van der Waals surface area contributed by atoms with Crippen molar-refractivity contribution in [1.82, 2.24) is 4.90 Å². The molecule has 2 nitrogen and oxygen atoms in total. The molecule has 1 aromatic rings. The van der Waals surface area contributed by atoms with E-state index >= 15 is 0 Å². The Morgan fingerprint density at radius 3 is 3.00 bits per heavy atom. The zero-order chi connectivity index (χ0) is 12.3. The first-order valence-corrected chi connectivity index (χ1v) is 5.95. The molecule has 1 fully saturated rings. The maximum absolute atomic E-state index is 13.1. The van der Waals surface area contributed by atoms with Crippen molar-refractivity contribution >= 4 is 5.94 Å². The largest absolute Gasteiger partial charge is 0.361 e. The topological polar surface area (TPSA) is 20.3 Å². The lowest BCUT2D eigenvalue weighted by Gasteiger charge is -2.35. The second-order valence-electron chi connectivity index (χ2n) is 4.50. The molecule has 1 aliphatic heterocycles. The monoisotopic (exact) mass is 233 g/mol. The molecule has 1 unspecified atom stereocenters. The van der Waals surface area contributed by atoms with Crippen molar-refractivity contribution < 1.29 is 9.18 Å². The van der Waals surface area contributed by atoms with Crippen molar-refractivity contribution in [3.05, 3.63) is 41.3 Å². The fraction of sp³-hybridized carbons (Fsp3) is 0.429. The maximum Gasteiger partial charge on any atom is 0.142 e. The predicted octanol–water partition coefficient (Wildman–Crippen LogP) is 3.01. The highest BCUT2D eigenvalue weighted by Gasteiger charge is 2.23. The molecule has 1 heterocycles. The van der Waals surface area contributed by atoms with Crippen molar-refractivity contribution in [2.45, 2.75) is 32.2 Å². The molecule has 1 aliphatic rings. The number of halogens is 1. The first-order valence-electron chi connectivity index (χ1n) is 5.95. The quantitative estimate of drug-likeness (QED) is 0.732. The third-order valence-electron chi connectivity index (χ3n) is 3.35. The van der Waals surface area contributed by atoms with Crippen LogP contribution in [0.3, 0.4) is 0 Å². The van der Waals surface area contributed by atoms with Gasteiger partial charge in [-0.2, -0.15) is 0 Å². The van der Waals surface area contributed by atoms with Gasteiger partial charge in [-0.15, -0.1) is 0 Å². The van der Waals surface area contributed by atoms with E-state index in [2.05, 4.69) is 0 Å². The summed E-state index contributed by atoms with van der Waals surface area (Å²) in [6.45, 7) is 2.78. The zero-order valence-corrected chi connectivity index (χ0v) is 9.95. The van der Waals surface area contributed by atoms with Crippen molar-refractivity contribution in [2.24, 2.45) is 0 Å². The van der Waals surface area contributed by atoms with Crippen LogP contribution in [-0.4, -0.2) is 17.4 Å². The van der Waals surface area contributed by atoms with Crippen LogP contribution >= 0.6 is 0 Å². The molecule has 2 rings (SSSR count). The molecular weight excluding hydrogens is 217 g/mol. The van der Waals surface area contributed by atoms with E-state index in [1.807, 2.05) is 23.8 Å². The number of hydrogen-bond donors (Lipinski definition) is 0. The van der Waals surface area contributed by atoms with Gasteiger partial charge in [0.25, 0.3) is 0 Å². The molecule has 0 amide bonds. The van der Waals surface area contributed by atoms with E-state index < -0.39 is 0 Å². The summed E-state index contributed by atoms with van der Waals surface area (Å²) in [4.78, 5) is 12.5. The molecule has 0 saturated carbocycles. The van der Waals surface area contributed by atoms with Gasteiger partial charge in [-0.05, 0) is 49.4 Å². The molecule has 3 heteroatoms. The number of carbonyl (C=O) groups excluding carboxylic acids is 1. The summed E-state index contributed by atoms with van der Waals surface area (Å²) in [6, 6.07) is 5.05. The van der Waals surface area contributed by atoms with Crippen LogP contribution < -0.4 is 0 Å². The Hall–Kier alpha value is -1.60. The van der Waals surface area contributed by atoms with Crippen molar-refractivity contribution in [1.29, 1.82) is 0 Å². The van der Waals surface area contributed by atoms with Crippen LogP contribution in [0.1, 0.15) is 36.4 Å². The number of piperidine rings is 1. The Kier molecular flexibility index (Phi) is 3.60. The second kappa shape index (κ2) is 5.15. The lowest BCUT2D eigenvalue weighted by molar-refractivity contribution is 0.216. The molecule has 17 heavy (non-hydrogen) atoms. The number of hydrogen-bond acceptors (Lipinski definition) is 2. The van der Waals surface area contributed by atoms with E-state index in [1.165, 1.54) is 12.3 Å². The zero-order valence-electron chi connectivity index (χ0n) is 9.95. The van der Waals surface area contributed by atoms with E-state index in [1.54, 1.807) is 6.07 Å². The van der Waals surface area contributed by atoms with Gasteiger partial charge in [-0.1, -0.05) is 6.07 Å². The highest BCUT2D eigenvalue weighted by Crippen LogP contribution is 2.32. The van der Waals surface area contributed by atoms with Gasteiger partial charge in [0.1, 0.15) is 11.8 Å². The standard InChI is InChI=1S/C14H16FNO/c1-11-10-12(15)5-6-13(11)14-4-2-3-7-16(14)8-9-17/h5-6,8,10,14H,2-4,7H2,1H3. The lowest BCUT2D eigenvalue weighted by Crippen LogP contribution is -2.29. The van der Waals surface area contributed by atoms with Crippen LogP contribution in [0.15, 0.2) is 24.4 Å². The highest BCUT2D eigenvalue weighted by atomic mass is 19.1. The van der Waals surface area contributed by atoms with Crippen molar-refractivity contribution in [3.63, 3.8) is 0 Å². The second-order valence-corrected chi connectivity index (χ2v) is 4.50.